The van der Waals surface area contributed by atoms with Gasteiger partial charge in [-0.15, -0.1) is 0 Å². The third-order valence-corrected chi connectivity index (χ3v) is 2.84. The molecule has 0 aromatic heterocycles. The summed E-state index contributed by atoms with van der Waals surface area (Å²) < 4.78 is 10.9. The molecule has 0 saturated heterocycles. The number of carbonyl (C=O) groups is 1. The monoisotopic (exact) mass is 248 g/mol. The molecule has 0 rings (SSSR count). The molecular formula is C11H24N2O2S. The van der Waals surface area contributed by atoms with Crippen molar-refractivity contribution in [2.24, 2.45) is 0 Å². The molecule has 0 aliphatic heterocycles. The third-order valence-electron chi connectivity index (χ3n) is 2.02. The summed E-state index contributed by atoms with van der Waals surface area (Å²) in [6, 6.07) is 0.0816. The molecule has 2 N–H and O–H groups in total. The summed E-state index contributed by atoms with van der Waals surface area (Å²) in [7, 11) is -0.786. The minimum Gasteiger partial charge on any atom is -0.353 e. The second-order valence-corrected chi connectivity index (χ2v) is 6.69. The maximum absolute atomic E-state index is 11.5. The lowest BCUT2D eigenvalue weighted by molar-refractivity contribution is -0.121. The minimum absolute atomic E-state index is 0.00990. The zero-order valence-corrected chi connectivity index (χ0v) is 11.7. The second-order valence-electron chi connectivity index (χ2n) is 5.14. The van der Waals surface area contributed by atoms with E-state index < -0.39 is 10.8 Å². The van der Waals surface area contributed by atoms with Crippen molar-refractivity contribution in [3.05, 3.63) is 0 Å². The molecule has 0 heterocycles. The van der Waals surface area contributed by atoms with Crippen molar-refractivity contribution in [3.8, 4) is 0 Å². The molecule has 96 valence electrons. The molecule has 0 fully saturated rings. The van der Waals surface area contributed by atoms with E-state index in [9.17, 15) is 9.00 Å². The lowest BCUT2D eigenvalue weighted by Gasteiger charge is -2.21. The first-order valence-corrected chi connectivity index (χ1v) is 7.28. The highest BCUT2D eigenvalue weighted by atomic mass is 32.2. The van der Waals surface area contributed by atoms with Gasteiger partial charge >= 0.3 is 0 Å². The fourth-order valence-electron chi connectivity index (χ4n) is 1.09. The van der Waals surface area contributed by atoms with Crippen LogP contribution in [0.2, 0.25) is 0 Å². The van der Waals surface area contributed by atoms with Crippen LogP contribution in [0.25, 0.3) is 0 Å². The van der Waals surface area contributed by atoms with E-state index >= 15 is 0 Å². The Hall–Kier alpha value is -0.420. The fourth-order valence-corrected chi connectivity index (χ4v) is 1.77. The third kappa shape index (κ3) is 10.1. The van der Waals surface area contributed by atoms with Crippen LogP contribution >= 0.6 is 0 Å². The summed E-state index contributed by atoms with van der Waals surface area (Å²) in [5.41, 5.74) is -0.0501. The molecule has 1 amide bonds. The molecular weight excluding hydrogens is 224 g/mol. The van der Waals surface area contributed by atoms with E-state index in [-0.39, 0.29) is 17.5 Å². The molecule has 4 nitrogen and oxygen atoms in total. The maximum atomic E-state index is 11.5. The highest BCUT2D eigenvalue weighted by Crippen LogP contribution is 1.97. The molecule has 0 aliphatic rings. The van der Waals surface area contributed by atoms with Gasteiger partial charge in [0.25, 0.3) is 0 Å². The van der Waals surface area contributed by atoms with E-state index in [0.717, 1.165) is 6.42 Å². The van der Waals surface area contributed by atoms with Crippen molar-refractivity contribution in [2.45, 2.75) is 45.7 Å². The van der Waals surface area contributed by atoms with Crippen molar-refractivity contribution in [1.29, 1.82) is 0 Å². The lowest BCUT2D eigenvalue weighted by Crippen LogP contribution is -2.45. The van der Waals surface area contributed by atoms with Crippen molar-refractivity contribution in [1.82, 2.24) is 10.6 Å². The van der Waals surface area contributed by atoms with Gasteiger partial charge in [-0.25, -0.2) is 0 Å². The van der Waals surface area contributed by atoms with Crippen LogP contribution in [-0.2, 0) is 15.6 Å². The van der Waals surface area contributed by atoms with E-state index in [0.29, 0.717) is 12.3 Å². The quantitative estimate of drug-likeness (QED) is 0.725. The summed E-state index contributed by atoms with van der Waals surface area (Å²) in [5.74, 6) is 0.623. The first-order chi connectivity index (χ1) is 7.20. The molecule has 2 unspecified atom stereocenters. The average molecular weight is 248 g/mol. The molecule has 0 aromatic carbocycles. The Morgan fingerprint density at radius 1 is 1.38 bits per heavy atom. The topological polar surface area (TPSA) is 58.2 Å². The Balaban J connectivity index is 3.74. The number of rotatable bonds is 6. The van der Waals surface area contributed by atoms with E-state index in [1.807, 2.05) is 27.7 Å². The molecule has 2 atom stereocenters. The maximum Gasteiger partial charge on any atom is 0.234 e. The van der Waals surface area contributed by atoms with Gasteiger partial charge in [-0.05, 0) is 34.1 Å². The molecule has 0 bridgehead atoms. The largest absolute Gasteiger partial charge is 0.353 e. The molecule has 0 aliphatic carbocycles. The standard InChI is InChI=1S/C11H24N2O2S/c1-9(6-7-16(5)15)13-10(14)8-12-11(2,3)4/h9,12H,6-8H2,1-5H3,(H,13,14). The molecule has 16 heavy (non-hydrogen) atoms. The van der Waals surface area contributed by atoms with Gasteiger partial charge in [-0.1, -0.05) is 0 Å². The summed E-state index contributed by atoms with van der Waals surface area (Å²) >= 11 is 0. The smallest absolute Gasteiger partial charge is 0.234 e. The summed E-state index contributed by atoms with van der Waals surface area (Å²) in [6.45, 7) is 8.31. The SMILES string of the molecule is CC(CCS(C)=O)NC(=O)CNC(C)(C)C. The highest BCUT2D eigenvalue weighted by molar-refractivity contribution is 7.84. The van der Waals surface area contributed by atoms with Crippen molar-refractivity contribution < 1.29 is 9.00 Å². The predicted molar refractivity (Wildman–Crippen MR) is 68.9 cm³/mol. The normalized spacial score (nSPS) is 15.6. The fraction of sp³-hybridized carbons (Fsp3) is 0.909. The van der Waals surface area contributed by atoms with Gasteiger partial charge in [-0.2, -0.15) is 0 Å². The Morgan fingerprint density at radius 3 is 2.38 bits per heavy atom. The number of hydrogen-bond acceptors (Lipinski definition) is 3. The van der Waals surface area contributed by atoms with E-state index in [4.69, 9.17) is 0 Å². The first-order valence-electron chi connectivity index (χ1n) is 5.55. The number of nitrogens with one attached hydrogen (secondary N) is 2. The average Bonchev–Trinajstić information content (AvgIpc) is 2.10. The van der Waals surface area contributed by atoms with E-state index in [1.54, 1.807) is 6.26 Å². The Labute approximate surface area is 101 Å². The van der Waals surface area contributed by atoms with Crippen LogP contribution in [-0.4, -0.2) is 40.3 Å². The molecule has 0 spiro atoms. The zero-order valence-electron chi connectivity index (χ0n) is 10.9. The Bertz CT molecular complexity index is 249. The number of hydrogen-bond donors (Lipinski definition) is 2. The van der Waals surface area contributed by atoms with Crippen molar-refractivity contribution in [3.63, 3.8) is 0 Å². The number of carbonyl (C=O) groups excluding carboxylic acids is 1. The second kappa shape index (κ2) is 7.01. The Kier molecular flexibility index (Phi) is 6.83. The highest BCUT2D eigenvalue weighted by Gasteiger charge is 2.12. The predicted octanol–water partition coefficient (Wildman–Crippen LogP) is 0.648. The van der Waals surface area contributed by atoms with Crippen molar-refractivity contribution >= 4 is 16.7 Å². The summed E-state index contributed by atoms with van der Waals surface area (Å²) in [5, 5.41) is 5.99. The Morgan fingerprint density at radius 2 is 1.94 bits per heavy atom. The minimum atomic E-state index is -0.786. The summed E-state index contributed by atoms with van der Waals surface area (Å²) in [6.07, 6.45) is 2.43. The zero-order chi connectivity index (χ0) is 12.8. The van der Waals surface area contributed by atoms with Crippen LogP contribution in [0.3, 0.4) is 0 Å². The lowest BCUT2D eigenvalue weighted by atomic mass is 10.1. The molecule has 0 radical (unpaired) electrons. The van der Waals surface area contributed by atoms with Gasteiger partial charge in [-0.3, -0.25) is 9.00 Å². The number of amides is 1. The van der Waals surface area contributed by atoms with Gasteiger partial charge in [0.2, 0.25) is 5.91 Å². The summed E-state index contributed by atoms with van der Waals surface area (Å²) in [4.78, 5) is 11.5. The van der Waals surface area contributed by atoms with Gasteiger partial charge in [0.05, 0.1) is 6.54 Å². The van der Waals surface area contributed by atoms with Crippen LogP contribution < -0.4 is 10.6 Å². The van der Waals surface area contributed by atoms with Crippen molar-refractivity contribution in [2.75, 3.05) is 18.6 Å². The van der Waals surface area contributed by atoms with Crippen LogP contribution in [0.15, 0.2) is 0 Å². The molecule has 0 saturated carbocycles. The van der Waals surface area contributed by atoms with Crippen LogP contribution in [0, 0.1) is 0 Å². The van der Waals surface area contributed by atoms with E-state index in [2.05, 4.69) is 10.6 Å². The molecule has 5 heteroatoms. The van der Waals surface area contributed by atoms with Gasteiger partial charge in [0.15, 0.2) is 0 Å². The van der Waals surface area contributed by atoms with Gasteiger partial charge < -0.3 is 10.6 Å². The first kappa shape index (κ1) is 15.6. The van der Waals surface area contributed by atoms with Crippen LogP contribution in [0.4, 0.5) is 0 Å². The van der Waals surface area contributed by atoms with E-state index in [1.165, 1.54) is 0 Å². The van der Waals surface area contributed by atoms with Crippen LogP contribution in [0.1, 0.15) is 34.1 Å². The molecule has 0 aromatic rings. The van der Waals surface area contributed by atoms with Gasteiger partial charge in [0, 0.05) is 34.4 Å². The van der Waals surface area contributed by atoms with Gasteiger partial charge in [0.1, 0.15) is 0 Å². The van der Waals surface area contributed by atoms with Crippen LogP contribution in [0.5, 0.6) is 0 Å².